The molecule has 3 rings (SSSR count). The number of fused-ring (bicyclic) bond motifs is 1. The molecule has 0 aliphatic carbocycles. The molecular weight excluding hydrogens is 234 g/mol. The van der Waals surface area contributed by atoms with Crippen molar-refractivity contribution in [2.75, 3.05) is 5.73 Å². The Hall–Kier alpha value is -2.42. The normalized spacial score (nSPS) is 10.8. The Balaban J connectivity index is 2.21. The van der Waals surface area contributed by atoms with E-state index in [4.69, 9.17) is 5.73 Å². The highest BCUT2D eigenvalue weighted by Gasteiger charge is 2.09. The lowest BCUT2D eigenvalue weighted by Gasteiger charge is -2.08. The number of nitrogens with two attached hydrogens (primary N) is 1. The first-order valence-electron chi connectivity index (χ1n) is 6.25. The van der Waals surface area contributed by atoms with E-state index in [1.165, 1.54) is 10.8 Å². The van der Waals surface area contributed by atoms with Crippen LogP contribution >= 0.6 is 0 Å². The third-order valence-electron chi connectivity index (χ3n) is 3.36. The van der Waals surface area contributed by atoms with E-state index in [-0.39, 0.29) is 0 Å². The van der Waals surface area contributed by atoms with Crippen LogP contribution in [0.15, 0.2) is 42.5 Å². The molecule has 1 heterocycles. The van der Waals surface area contributed by atoms with Gasteiger partial charge in [-0.05, 0) is 30.7 Å². The van der Waals surface area contributed by atoms with E-state index in [1.54, 1.807) is 0 Å². The Morgan fingerprint density at radius 1 is 0.842 bits per heavy atom. The van der Waals surface area contributed by atoms with Gasteiger partial charge in [0.1, 0.15) is 11.5 Å². The number of aromatic nitrogens is 2. The Morgan fingerprint density at radius 2 is 1.53 bits per heavy atom. The molecule has 0 radical (unpaired) electrons. The molecule has 0 fully saturated rings. The fourth-order valence-corrected chi connectivity index (χ4v) is 2.17. The first-order chi connectivity index (χ1) is 9.15. The van der Waals surface area contributed by atoms with Crippen LogP contribution < -0.4 is 5.73 Å². The van der Waals surface area contributed by atoms with Crippen LogP contribution in [0, 0.1) is 13.8 Å². The molecule has 2 aromatic carbocycles. The van der Waals surface area contributed by atoms with Crippen LogP contribution in [0.25, 0.3) is 22.0 Å². The minimum atomic E-state index is 0.485. The van der Waals surface area contributed by atoms with Gasteiger partial charge in [0.05, 0.1) is 11.4 Å². The number of nitrogen functional groups attached to an aromatic ring is 1. The van der Waals surface area contributed by atoms with Crippen molar-refractivity contribution in [3.05, 3.63) is 53.9 Å². The van der Waals surface area contributed by atoms with Crippen LogP contribution in [0.3, 0.4) is 0 Å². The molecule has 0 saturated heterocycles. The highest BCUT2D eigenvalue weighted by molar-refractivity contribution is 5.88. The van der Waals surface area contributed by atoms with E-state index in [2.05, 4.69) is 34.2 Å². The van der Waals surface area contributed by atoms with Gasteiger partial charge < -0.3 is 5.73 Å². The topological polar surface area (TPSA) is 51.8 Å². The van der Waals surface area contributed by atoms with E-state index >= 15 is 0 Å². The van der Waals surface area contributed by atoms with Crippen molar-refractivity contribution in [1.29, 1.82) is 0 Å². The quantitative estimate of drug-likeness (QED) is 0.718. The third-order valence-corrected chi connectivity index (χ3v) is 3.36. The van der Waals surface area contributed by atoms with Crippen molar-refractivity contribution in [1.82, 2.24) is 9.97 Å². The van der Waals surface area contributed by atoms with Crippen molar-refractivity contribution in [3.8, 4) is 11.3 Å². The fraction of sp³-hybridized carbons (Fsp3) is 0.125. The molecule has 0 spiro atoms. The lowest BCUT2D eigenvalue weighted by Crippen LogP contribution is -2.02. The molecule has 2 N–H and O–H groups in total. The highest BCUT2D eigenvalue weighted by atomic mass is 14.9. The maximum atomic E-state index is 5.99. The van der Waals surface area contributed by atoms with Crippen molar-refractivity contribution < 1.29 is 0 Å². The van der Waals surface area contributed by atoms with Crippen LogP contribution in [-0.2, 0) is 0 Å². The molecule has 0 atom stereocenters. The van der Waals surface area contributed by atoms with Crippen LogP contribution in [0.5, 0.6) is 0 Å². The lowest BCUT2D eigenvalue weighted by molar-refractivity contribution is 1.06. The number of aryl methyl sites for hydroxylation is 2. The minimum Gasteiger partial charge on any atom is -0.382 e. The summed E-state index contributed by atoms with van der Waals surface area (Å²) in [7, 11) is 0. The Morgan fingerprint density at radius 3 is 2.32 bits per heavy atom. The Kier molecular flexibility index (Phi) is 2.67. The largest absolute Gasteiger partial charge is 0.382 e. The van der Waals surface area contributed by atoms with Gasteiger partial charge in [0.15, 0.2) is 0 Å². The number of benzene rings is 2. The number of hydrogen-bond donors (Lipinski definition) is 1. The van der Waals surface area contributed by atoms with Crippen LogP contribution in [0.1, 0.15) is 11.4 Å². The second kappa shape index (κ2) is 4.35. The summed E-state index contributed by atoms with van der Waals surface area (Å²) in [6, 6.07) is 14.5. The van der Waals surface area contributed by atoms with Crippen LogP contribution in [0.2, 0.25) is 0 Å². The molecule has 19 heavy (non-hydrogen) atoms. The molecule has 0 saturated carbocycles. The lowest BCUT2D eigenvalue weighted by atomic mass is 10.0. The molecule has 3 heteroatoms. The molecule has 0 aliphatic heterocycles. The van der Waals surface area contributed by atoms with E-state index in [0.717, 1.165) is 22.6 Å². The Bertz CT molecular complexity index is 763. The molecule has 3 aromatic rings. The molecule has 3 nitrogen and oxygen atoms in total. The Labute approximate surface area is 112 Å². The summed E-state index contributed by atoms with van der Waals surface area (Å²) in [5.74, 6) is 0.485. The average molecular weight is 249 g/mol. The summed E-state index contributed by atoms with van der Waals surface area (Å²) in [6.07, 6.45) is 0. The zero-order valence-electron chi connectivity index (χ0n) is 11.0. The van der Waals surface area contributed by atoms with Gasteiger partial charge in [0.25, 0.3) is 0 Å². The van der Waals surface area contributed by atoms with Crippen LogP contribution in [-0.4, -0.2) is 9.97 Å². The predicted octanol–water partition coefficient (Wildman–Crippen LogP) is 3.50. The highest BCUT2D eigenvalue weighted by Crippen LogP contribution is 2.26. The van der Waals surface area contributed by atoms with Gasteiger partial charge in [-0.25, -0.2) is 9.97 Å². The number of rotatable bonds is 1. The standard InChI is InChI=1S/C16H15N3/c1-10-11(2)19-16(17)15(18-10)14-8-7-12-5-3-4-6-13(12)9-14/h3-9H,1-2H3,(H2,17,19). The first kappa shape index (κ1) is 11.7. The van der Waals surface area contributed by atoms with E-state index in [9.17, 15) is 0 Å². The summed E-state index contributed by atoms with van der Waals surface area (Å²) in [5, 5.41) is 2.39. The van der Waals surface area contributed by atoms with Crippen molar-refractivity contribution in [3.63, 3.8) is 0 Å². The van der Waals surface area contributed by atoms with Gasteiger partial charge >= 0.3 is 0 Å². The molecule has 0 unspecified atom stereocenters. The zero-order chi connectivity index (χ0) is 13.4. The fourth-order valence-electron chi connectivity index (χ4n) is 2.17. The maximum absolute atomic E-state index is 5.99. The van der Waals surface area contributed by atoms with Crippen molar-refractivity contribution in [2.45, 2.75) is 13.8 Å². The van der Waals surface area contributed by atoms with E-state index < -0.39 is 0 Å². The summed E-state index contributed by atoms with van der Waals surface area (Å²) in [4.78, 5) is 8.91. The van der Waals surface area contributed by atoms with Gasteiger partial charge in [0, 0.05) is 5.56 Å². The summed E-state index contributed by atoms with van der Waals surface area (Å²) in [5.41, 5.74) is 9.55. The number of anilines is 1. The predicted molar refractivity (Wildman–Crippen MR) is 78.9 cm³/mol. The van der Waals surface area contributed by atoms with E-state index in [0.29, 0.717) is 5.82 Å². The summed E-state index contributed by atoms with van der Waals surface area (Å²) >= 11 is 0. The monoisotopic (exact) mass is 249 g/mol. The van der Waals surface area contributed by atoms with Gasteiger partial charge in [-0.15, -0.1) is 0 Å². The van der Waals surface area contributed by atoms with E-state index in [1.807, 2.05) is 32.0 Å². The molecule has 0 bridgehead atoms. The van der Waals surface area contributed by atoms with Crippen molar-refractivity contribution >= 4 is 16.6 Å². The van der Waals surface area contributed by atoms with Gasteiger partial charge in [-0.2, -0.15) is 0 Å². The molecule has 0 amide bonds. The van der Waals surface area contributed by atoms with Gasteiger partial charge in [-0.3, -0.25) is 0 Å². The van der Waals surface area contributed by atoms with Gasteiger partial charge in [0.2, 0.25) is 0 Å². The SMILES string of the molecule is Cc1nc(N)c(-c2ccc3ccccc3c2)nc1C. The smallest absolute Gasteiger partial charge is 0.150 e. The average Bonchev–Trinajstić information content (AvgIpc) is 2.42. The second-order valence-corrected chi connectivity index (χ2v) is 4.69. The maximum Gasteiger partial charge on any atom is 0.150 e. The molecule has 1 aromatic heterocycles. The van der Waals surface area contributed by atoms with Gasteiger partial charge in [-0.1, -0.05) is 36.4 Å². The minimum absolute atomic E-state index is 0.485. The first-order valence-corrected chi connectivity index (χ1v) is 6.25. The summed E-state index contributed by atoms with van der Waals surface area (Å²) in [6.45, 7) is 3.87. The number of hydrogen-bond acceptors (Lipinski definition) is 3. The molecule has 94 valence electrons. The molecular formula is C16H15N3. The number of nitrogens with zero attached hydrogens (tertiary/aromatic N) is 2. The van der Waals surface area contributed by atoms with Crippen LogP contribution in [0.4, 0.5) is 5.82 Å². The third kappa shape index (κ3) is 2.03. The zero-order valence-corrected chi connectivity index (χ0v) is 11.0. The molecule has 0 aliphatic rings. The second-order valence-electron chi connectivity index (χ2n) is 4.69. The summed E-state index contributed by atoms with van der Waals surface area (Å²) < 4.78 is 0. The van der Waals surface area contributed by atoms with Crippen molar-refractivity contribution in [2.24, 2.45) is 0 Å².